The van der Waals surface area contributed by atoms with Crippen LogP contribution in [-0.2, 0) is 11.3 Å². The molecular formula is C23H26N2O3. The summed E-state index contributed by atoms with van der Waals surface area (Å²) < 4.78 is 0. The minimum Gasteiger partial charge on any atom is -0.480 e. The summed E-state index contributed by atoms with van der Waals surface area (Å²) in [6, 6.07) is 16.8. The summed E-state index contributed by atoms with van der Waals surface area (Å²) in [4.78, 5) is 26.6. The zero-order chi connectivity index (χ0) is 19.5. The fourth-order valence-electron chi connectivity index (χ4n) is 4.77. The Bertz CT molecular complexity index is 852. The van der Waals surface area contributed by atoms with Gasteiger partial charge in [-0.2, -0.15) is 0 Å². The van der Waals surface area contributed by atoms with Gasteiger partial charge in [-0.3, -0.25) is 14.5 Å². The first kappa shape index (κ1) is 18.7. The predicted octanol–water partition coefficient (Wildman–Crippen LogP) is 4.16. The molecule has 1 aliphatic heterocycles. The maximum atomic E-state index is 12.6. The Morgan fingerprint density at radius 3 is 2.61 bits per heavy atom. The number of fused-ring (bicyclic) bond motifs is 1. The minimum atomic E-state index is -0.729. The van der Waals surface area contributed by atoms with Crippen LogP contribution >= 0.6 is 0 Å². The van der Waals surface area contributed by atoms with Crippen LogP contribution in [0.4, 0.5) is 5.69 Å². The molecule has 5 nitrogen and oxygen atoms in total. The lowest BCUT2D eigenvalue weighted by atomic mass is 9.84. The molecule has 1 aliphatic carbocycles. The number of carboxylic acid groups (broad SMARTS) is 1. The van der Waals surface area contributed by atoms with E-state index in [1.165, 1.54) is 12.8 Å². The van der Waals surface area contributed by atoms with Crippen LogP contribution < -0.4 is 5.32 Å². The molecule has 2 aromatic carbocycles. The third kappa shape index (κ3) is 3.94. The van der Waals surface area contributed by atoms with Crippen molar-refractivity contribution < 1.29 is 14.7 Å². The maximum Gasteiger partial charge on any atom is 0.320 e. The van der Waals surface area contributed by atoms with Crippen LogP contribution in [0, 0.1) is 5.92 Å². The van der Waals surface area contributed by atoms with Crippen molar-refractivity contribution in [3.8, 4) is 0 Å². The molecule has 1 amide bonds. The first-order valence-electron chi connectivity index (χ1n) is 10.1. The van der Waals surface area contributed by atoms with Crippen molar-refractivity contribution in [2.75, 3.05) is 5.32 Å². The van der Waals surface area contributed by atoms with E-state index < -0.39 is 12.0 Å². The largest absolute Gasteiger partial charge is 0.480 e. The molecule has 0 aromatic heterocycles. The molecule has 2 aliphatic rings. The highest BCUT2D eigenvalue weighted by atomic mass is 16.4. The Morgan fingerprint density at radius 2 is 1.82 bits per heavy atom. The summed E-state index contributed by atoms with van der Waals surface area (Å²) in [6.45, 7) is 0.574. The van der Waals surface area contributed by atoms with Gasteiger partial charge in [0.2, 0.25) is 0 Å². The van der Waals surface area contributed by atoms with E-state index in [9.17, 15) is 14.7 Å². The normalized spacial score (nSPS) is 24.5. The maximum absolute atomic E-state index is 12.6. The van der Waals surface area contributed by atoms with Crippen LogP contribution in [0.1, 0.15) is 48.0 Å². The number of carbonyl (C=O) groups excluding carboxylic acids is 1. The molecule has 28 heavy (non-hydrogen) atoms. The van der Waals surface area contributed by atoms with E-state index in [4.69, 9.17) is 0 Å². The Kier molecular flexibility index (Phi) is 5.44. The molecule has 2 aromatic rings. The molecular weight excluding hydrogens is 352 g/mol. The number of nitrogens with one attached hydrogen (secondary N) is 1. The number of nitrogens with zero attached hydrogens (tertiary/aromatic N) is 1. The van der Waals surface area contributed by atoms with Gasteiger partial charge in [0.15, 0.2) is 0 Å². The summed E-state index contributed by atoms with van der Waals surface area (Å²) >= 11 is 0. The minimum absolute atomic E-state index is 0.153. The fourth-order valence-corrected chi connectivity index (χ4v) is 4.77. The second-order valence-electron chi connectivity index (χ2n) is 7.89. The first-order chi connectivity index (χ1) is 13.6. The number of hydrogen-bond acceptors (Lipinski definition) is 3. The van der Waals surface area contributed by atoms with E-state index >= 15 is 0 Å². The number of anilines is 1. The Morgan fingerprint density at radius 1 is 1.04 bits per heavy atom. The molecule has 3 unspecified atom stereocenters. The number of aliphatic carboxylic acids is 1. The topological polar surface area (TPSA) is 69.6 Å². The number of para-hydroxylation sites is 1. The van der Waals surface area contributed by atoms with Gasteiger partial charge in [0.1, 0.15) is 6.04 Å². The third-order valence-corrected chi connectivity index (χ3v) is 6.09. The van der Waals surface area contributed by atoms with Crippen molar-refractivity contribution in [2.45, 2.75) is 50.7 Å². The van der Waals surface area contributed by atoms with Gasteiger partial charge >= 0.3 is 5.97 Å². The van der Waals surface area contributed by atoms with Gasteiger partial charge in [0.25, 0.3) is 5.91 Å². The number of hydrogen-bond donors (Lipinski definition) is 2. The van der Waals surface area contributed by atoms with Crippen molar-refractivity contribution in [3.05, 3.63) is 65.7 Å². The number of benzene rings is 2. The number of carboxylic acids is 1. The molecule has 0 spiro atoms. The second-order valence-corrected chi connectivity index (χ2v) is 7.89. The van der Waals surface area contributed by atoms with Crippen molar-refractivity contribution in [3.63, 3.8) is 0 Å². The van der Waals surface area contributed by atoms with Gasteiger partial charge in [-0.15, -0.1) is 0 Å². The van der Waals surface area contributed by atoms with Crippen molar-refractivity contribution in [1.82, 2.24) is 4.90 Å². The quantitative estimate of drug-likeness (QED) is 0.820. The van der Waals surface area contributed by atoms with E-state index in [0.717, 1.165) is 30.5 Å². The average molecular weight is 378 g/mol. The molecule has 2 N–H and O–H groups in total. The van der Waals surface area contributed by atoms with Crippen LogP contribution in [0.3, 0.4) is 0 Å². The number of carbonyl (C=O) groups is 2. The molecule has 2 fully saturated rings. The molecule has 1 heterocycles. The highest BCUT2D eigenvalue weighted by molar-refractivity contribution is 6.04. The Balaban J connectivity index is 1.50. The predicted molar refractivity (Wildman–Crippen MR) is 108 cm³/mol. The van der Waals surface area contributed by atoms with Gasteiger partial charge in [-0.05, 0) is 55.0 Å². The van der Waals surface area contributed by atoms with E-state index in [2.05, 4.69) is 10.2 Å². The highest BCUT2D eigenvalue weighted by Gasteiger charge is 2.44. The zero-order valence-electron chi connectivity index (χ0n) is 15.9. The van der Waals surface area contributed by atoms with Crippen molar-refractivity contribution >= 4 is 17.6 Å². The molecule has 0 bridgehead atoms. The lowest BCUT2D eigenvalue weighted by molar-refractivity contribution is -0.142. The van der Waals surface area contributed by atoms with Crippen molar-refractivity contribution in [1.29, 1.82) is 0 Å². The number of amides is 1. The standard InChI is InChI=1S/C23H26N2O3/c26-22(24-19-10-2-1-3-11-19)18-9-6-7-16(13-18)15-25-20-12-5-4-8-17(20)14-21(25)23(27)28/h1-3,6-7,9-11,13,17,20-21H,4-5,8,12,14-15H2,(H,24,26)(H,27,28). The molecule has 146 valence electrons. The molecule has 5 heteroatoms. The molecule has 4 rings (SSSR count). The molecule has 0 radical (unpaired) electrons. The van der Waals surface area contributed by atoms with Crippen LogP contribution in [0.25, 0.3) is 0 Å². The van der Waals surface area contributed by atoms with Crippen LogP contribution in [0.2, 0.25) is 0 Å². The van der Waals surface area contributed by atoms with Gasteiger partial charge in [-0.25, -0.2) is 0 Å². The second kappa shape index (κ2) is 8.15. The summed E-state index contributed by atoms with van der Waals surface area (Å²) in [6.07, 6.45) is 5.32. The average Bonchev–Trinajstić information content (AvgIpc) is 3.08. The summed E-state index contributed by atoms with van der Waals surface area (Å²) in [5.41, 5.74) is 2.33. The number of rotatable bonds is 5. The summed E-state index contributed by atoms with van der Waals surface area (Å²) in [7, 11) is 0. The van der Waals surface area contributed by atoms with Crippen LogP contribution in [0.5, 0.6) is 0 Å². The Labute approximate surface area is 165 Å². The van der Waals surface area contributed by atoms with E-state index in [1.54, 1.807) is 6.07 Å². The molecule has 1 saturated carbocycles. The van der Waals surface area contributed by atoms with Crippen molar-refractivity contribution in [2.24, 2.45) is 5.92 Å². The molecule has 3 atom stereocenters. The van der Waals surface area contributed by atoms with Gasteiger partial charge in [0.05, 0.1) is 0 Å². The van der Waals surface area contributed by atoms with Gasteiger partial charge in [-0.1, -0.05) is 43.2 Å². The van der Waals surface area contributed by atoms with E-state index in [0.29, 0.717) is 24.1 Å². The lowest BCUT2D eigenvalue weighted by Gasteiger charge is -2.33. The van der Waals surface area contributed by atoms with Gasteiger partial charge < -0.3 is 10.4 Å². The monoisotopic (exact) mass is 378 g/mol. The lowest BCUT2D eigenvalue weighted by Crippen LogP contribution is -2.41. The van der Waals surface area contributed by atoms with E-state index in [1.807, 2.05) is 48.5 Å². The number of likely N-dealkylation sites (tertiary alicyclic amines) is 1. The fraction of sp³-hybridized carbons (Fsp3) is 0.391. The molecule has 1 saturated heterocycles. The first-order valence-corrected chi connectivity index (χ1v) is 10.1. The smallest absolute Gasteiger partial charge is 0.320 e. The Hall–Kier alpha value is -2.66. The summed E-state index contributed by atoms with van der Waals surface area (Å²) in [5.74, 6) is -0.397. The van der Waals surface area contributed by atoms with Crippen LogP contribution in [0.15, 0.2) is 54.6 Å². The van der Waals surface area contributed by atoms with E-state index in [-0.39, 0.29) is 5.91 Å². The van der Waals surface area contributed by atoms with Crippen LogP contribution in [-0.4, -0.2) is 34.0 Å². The SMILES string of the molecule is O=C(Nc1ccccc1)c1cccc(CN2C(C(=O)O)CC3CCCCC32)c1. The third-order valence-electron chi connectivity index (χ3n) is 6.09. The highest BCUT2D eigenvalue weighted by Crippen LogP contribution is 2.40. The zero-order valence-corrected chi connectivity index (χ0v) is 15.9. The van der Waals surface area contributed by atoms with Gasteiger partial charge in [0, 0.05) is 23.8 Å². The summed E-state index contributed by atoms with van der Waals surface area (Å²) in [5, 5.41) is 12.6.